The lowest BCUT2D eigenvalue weighted by Gasteiger charge is -2.26. The van der Waals surface area contributed by atoms with Gasteiger partial charge in [0.15, 0.2) is 0 Å². The minimum atomic E-state index is -0.385. The van der Waals surface area contributed by atoms with Gasteiger partial charge in [0.05, 0.1) is 5.69 Å². The van der Waals surface area contributed by atoms with Crippen LogP contribution in [0.15, 0.2) is 9.27 Å². The van der Waals surface area contributed by atoms with Crippen LogP contribution in [0.25, 0.3) is 0 Å². The number of nitrogens with zero attached hydrogens (tertiary/aromatic N) is 1. The number of nitrogens with one attached hydrogen (secondary N) is 1. The maximum Gasteiger partial charge on any atom is 0.265 e. The van der Waals surface area contributed by atoms with Crippen molar-refractivity contribution in [2.24, 2.45) is 0 Å². The van der Waals surface area contributed by atoms with Crippen LogP contribution in [0.4, 0.5) is 0 Å². The molecule has 1 aromatic heterocycles. The first-order valence-electron chi connectivity index (χ1n) is 5.97. The molecule has 1 N–H and O–H groups in total. The topological polar surface area (TPSA) is 55.0 Å². The maximum atomic E-state index is 11.8. The first kappa shape index (κ1) is 12.8. The molecule has 0 aliphatic heterocycles. The Morgan fingerprint density at radius 1 is 1.47 bits per heavy atom. The lowest BCUT2D eigenvalue weighted by Crippen LogP contribution is -2.31. The molecule has 1 aliphatic rings. The standard InChI is InChI=1S/C12H17BrN2O2/c1-3-8-9(13)10(16)15-11(14-8)12(17-2)6-4-5-7-12/h3-7H2,1-2H3,(H,14,15,16). The van der Waals surface area contributed by atoms with E-state index in [1.807, 2.05) is 6.92 Å². The minimum Gasteiger partial charge on any atom is -0.370 e. The van der Waals surface area contributed by atoms with Crippen LogP contribution in [-0.2, 0) is 16.8 Å². The summed E-state index contributed by atoms with van der Waals surface area (Å²) < 4.78 is 6.17. The predicted octanol–water partition coefficient (Wildman–Crippen LogP) is 2.51. The Balaban J connectivity index is 2.52. The molecule has 4 nitrogen and oxygen atoms in total. The fraction of sp³-hybridized carbons (Fsp3) is 0.667. The molecule has 1 aromatic rings. The Bertz CT molecular complexity index is 464. The van der Waals surface area contributed by atoms with Crippen LogP contribution < -0.4 is 5.56 Å². The summed E-state index contributed by atoms with van der Waals surface area (Å²) in [7, 11) is 1.69. The van der Waals surface area contributed by atoms with Gasteiger partial charge in [0, 0.05) is 7.11 Å². The van der Waals surface area contributed by atoms with E-state index < -0.39 is 0 Å². The van der Waals surface area contributed by atoms with Crippen molar-refractivity contribution in [3.8, 4) is 0 Å². The lowest BCUT2D eigenvalue weighted by molar-refractivity contribution is -0.0167. The highest BCUT2D eigenvalue weighted by molar-refractivity contribution is 9.10. The normalized spacial score (nSPS) is 18.5. The van der Waals surface area contributed by atoms with Crippen LogP contribution in [0.2, 0.25) is 0 Å². The Hall–Kier alpha value is -0.680. The molecule has 1 saturated carbocycles. The molecule has 0 bridgehead atoms. The zero-order valence-electron chi connectivity index (χ0n) is 10.2. The number of aromatic nitrogens is 2. The zero-order chi connectivity index (χ0) is 12.5. The second kappa shape index (κ2) is 4.90. The molecular formula is C12H17BrN2O2. The summed E-state index contributed by atoms with van der Waals surface area (Å²) in [5.74, 6) is 0.683. The Kier molecular flexibility index (Phi) is 3.68. The zero-order valence-corrected chi connectivity index (χ0v) is 11.8. The van der Waals surface area contributed by atoms with Crippen LogP contribution in [-0.4, -0.2) is 17.1 Å². The second-order valence-corrected chi connectivity index (χ2v) is 5.23. The van der Waals surface area contributed by atoms with E-state index in [9.17, 15) is 4.79 Å². The van der Waals surface area contributed by atoms with Gasteiger partial charge in [-0.25, -0.2) is 4.98 Å². The predicted molar refractivity (Wildman–Crippen MR) is 69.1 cm³/mol. The van der Waals surface area contributed by atoms with Crippen molar-refractivity contribution in [1.82, 2.24) is 9.97 Å². The molecule has 5 heteroatoms. The van der Waals surface area contributed by atoms with Gasteiger partial charge in [-0.1, -0.05) is 6.92 Å². The molecule has 94 valence electrons. The van der Waals surface area contributed by atoms with Gasteiger partial charge in [0.25, 0.3) is 5.56 Å². The van der Waals surface area contributed by atoms with E-state index in [0.29, 0.717) is 10.3 Å². The third-order valence-corrected chi connectivity index (χ3v) is 4.32. The Morgan fingerprint density at radius 3 is 2.65 bits per heavy atom. The maximum absolute atomic E-state index is 11.8. The molecule has 1 aliphatic carbocycles. The fourth-order valence-electron chi connectivity index (χ4n) is 2.44. The van der Waals surface area contributed by atoms with Gasteiger partial charge >= 0.3 is 0 Å². The number of halogens is 1. The van der Waals surface area contributed by atoms with E-state index in [1.165, 1.54) is 0 Å². The molecule has 1 heterocycles. The summed E-state index contributed by atoms with van der Waals surface area (Å²) in [5, 5.41) is 0. The van der Waals surface area contributed by atoms with E-state index in [0.717, 1.165) is 37.8 Å². The number of ether oxygens (including phenoxy) is 1. The molecule has 17 heavy (non-hydrogen) atoms. The number of hydrogen-bond donors (Lipinski definition) is 1. The average Bonchev–Trinajstić information content (AvgIpc) is 2.82. The van der Waals surface area contributed by atoms with Gasteiger partial charge in [-0.15, -0.1) is 0 Å². The second-order valence-electron chi connectivity index (χ2n) is 4.43. The van der Waals surface area contributed by atoms with Crippen LogP contribution in [0.1, 0.15) is 44.1 Å². The van der Waals surface area contributed by atoms with Crippen LogP contribution in [0, 0.1) is 0 Å². The van der Waals surface area contributed by atoms with E-state index in [2.05, 4.69) is 25.9 Å². The van der Waals surface area contributed by atoms with Crippen LogP contribution >= 0.6 is 15.9 Å². The molecule has 0 aromatic carbocycles. The summed E-state index contributed by atoms with van der Waals surface area (Å²) in [6, 6.07) is 0. The van der Waals surface area contributed by atoms with E-state index in [4.69, 9.17) is 4.74 Å². The highest BCUT2D eigenvalue weighted by Crippen LogP contribution is 2.39. The fourth-order valence-corrected chi connectivity index (χ4v) is 2.91. The minimum absolute atomic E-state index is 0.116. The highest BCUT2D eigenvalue weighted by atomic mass is 79.9. The molecule has 1 fully saturated rings. The van der Waals surface area contributed by atoms with Crippen molar-refractivity contribution >= 4 is 15.9 Å². The first-order chi connectivity index (χ1) is 8.13. The van der Waals surface area contributed by atoms with E-state index in [-0.39, 0.29) is 11.2 Å². The molecule has 0 unspecified atom stereocenters. The van der Waals surface area contributed by atoms with Crippen molar-refractivity contribution in [3.05, 3.63) is 26.3 Å². The van der Waals surface area contributed by atoms with Crippen molar-refractivity contribution in [3.63, 3.8) is 0 Å². The number of hydrogen-bond acceptors (Lipinski definition) is 3. The monoisotopic (exact) mass is 300 g/mol. The van der Waals surface area contributed by atoms with Crippen molar-refractivity contribution < 1.29 is 4.74 Å². The number of methoxy groups -OCH3 is 1. The van der Waals surface area contributed by atoms with Crippen molar-refractivity contribution in [2.75, 3.05) is 7.11 Å². The molecule has 2 rings (SSSR count). The molecule has 0 atom stereocenters. The van der Waals surface area contributed by atoms with Crippen molar-refractivity contribution in [2.45, 2.75) is 44.6 Å². The third kappa shape index (κ3) is 2.18. The molecule has 0 spiro atoms. The van der Waals surface area contributed by atoms with Crippen LogP contribution in [0.3, 0.4) is 0 Å². The van der Waals surface area contributed by atoms with Gasteiger partial charge in [-0.3, -0.25) is 4.79 Å². The molecular weight excluding hydrogens is 284 g/mol. The summed E-state index contributed by atoms with van der Waals surface area (Å²) in [4.78, 5) is 19.2. The molecule has 0 radical (unpaired) electrons. The smallest absolute Gasteiger partial charge is 0.265 e. The summed E-state index contributed by atoms with van der Waals surface area (Å²) in [5.41, 5.74) is 0.298. The summed E-state index contributed by atoms with van der Waals surface area (Å²) in [6.07, 6.45) is 4.83. The van der Waals surface area contributed by atoms with Gasteiger partial charge in [0.2, 0.25) is 0 Å². The highest BCUT2D eigenvalue weighted by Gasteiger charge is 2.38. The average molecular weight is 301 g/mol. The number of H-pyrrole nitrogens is 1. The van der Waals surface area contributed by atoms with Gasteiger partial charge in [-0.05, 0) is 48.0 Å². The quantitative estimate of drug-likeness (QED) is 0.933. The Labute approximate surface area is 109 Å². The first-order valence-corrected chi connectivity index (χ1v) is 6.76. The third-order valence-electron chi connectivity index (χ3n) is 3.50. The van der Waals surface area contributed by atoms with E-state index >= 15 is 0 Å². The van der Waals surface area contributed by atoms with Crippen LogP contribution in [0.5, 0.6) is 0 Å². The van der Waals surface area contributed by atoms with E-state index in [1.54, 1.807) is 7.11 Å². The molecule has 0 saturated heterocycles. The lowest BCUT2D eigenvalue weighted by atomic mass is 10.0. The number of rotatable bonds is 3. The number of aryl methyl sites for hydroxylation is 1. The molecule has 0 amide bonds. The Morgan fingerprint density at radius 2 is 2.12 bits per heavy atom. The van der Waals surface area contributed by atoms with Gasteiger partial charge < -0.3 is 9.72 Å². The number of aromatic amines is 1. The summed E-state index contributed by atoms with van der Waals surface area (Å²) >= 11 is 3.28. The largest absolute Gasteiger partial charge is 0.370 e. The van der Waals surface area contributed by atoms with Gasteiger partial charge in [0.1, 0.15) is 15.9 Å². The van der Waals surface area contributed by atoms with Crippen molar-refractivity contribution in [1.29, 1.82) is 0 Å². The van der Waals surface area contributed by atoms with Gasteiger partial charge in [-0.2, -0.15) is 0 Å². The SMILES string of the molecule is CCc1nc(C2(OC)CCCC2)[nH]c(=O)c1Br. The summed E-state index contributed by atoms with van der Waals surface area (Å²) in [6.45, 7) is 1.99.